The highest BCUT2D eigenvalue weighted by Crippen LogP contribution is 2.35. The lowest BCUT2D eigenvalue weighted by Crippen LogP contribution is -2.49. The third-order valence-electron chi connectivity index (χ3n) is 4.40. The third kappa shape index (κ3) is 3.45. The molecule has 4 rings (SSSR count). The maximum Gasteiger partial charge on any atom is 0.344 e. The smallest absolute Gasteiger partial charge is 0.314 e. The number of aromatic nitrogens is 3. The summed E-state index contributed by atoms with van der Waals surface area (Å²) in [5.74, 6) is -1.15. The molecule has 0 unspecified atom stereocenters. The quantitative estimate of drug-likeness (QED) is 0.419. The van der Waals surface area contributed by atoms with Crippen molar-refractivity contribution in [3.8, 4) is 0 Å². The summed E-state index contributed by atoms with van der Waals surface area (Å²) in [5, 5.41) is 10.3. The van der Waals surface area contributed by atoms with Gasteiger partial charge in [0.2, 0.25) is 5.91 Å². The lowest BCUT2D eigenvalue weighted by atomic mass is 9.83. The number of benzene rings is 2. The van der Waals surface area contributed by atoms with E-state index in [1.807, 2.05) is 12.1 Å². The summed E-state index contributed by atoms with van der Waals surface area (Å²) in [6.45, 7) is 0. The van der Waals surface area contributed by atoms with Gasteiger partial charge in [-0.25, -0.2) is 9.78 Å². The van der Waals surface area contributed by atoms with Crippen LogP contribution in [0.3, 0.4) is 0 Å². The van der Waals surface area contributed by atoms with Crippen LogP contribution in [0.15, 0.2) is 72.1 Å². The molecule has 10 heteroatoms. The molecule has 2 heterocycles. The fourth-order valence-corrected chi connectivity index (χ4v) is 3.69. The number of hydrogen-bond donors (Lipinski definition) is 3. The van der Waals surface area contributed by atoms with Crippen molar-refractivity contribution >= 4 is 29.6 Å². The number of nitrogens with one attached hydrogen (secondary N) is 3. The molecule has 0 aliphatic carbocycles. The zero-order chi connectivity index (χ0) is 20.3. The molecule has 9 nitrogen and oxygen atoms in total. The van der Waals surface area contributed by atoms with E-state index in [0.717, 1.165) is 16.8 Å². The van der Waals surface area contributed by atoms with Crippen LogP contribution >= 0.6 is 11.8 Å². The average Bonchev–Trinajstić information content (AvgIpc) is 3.36. The van der Waals surface area contributed by atoms with Crippen LogP contribution in [0.25, 0.3) is 0 Å². The number of H-pyrrole nitrogens is 1. The zero-order valence-electron chi connectivity index (χ0n) is 15.0. The lowest BCUT2D eigenvalue weighted by molar-refractivity contribution is -0.137. The topological polar surface area (TPSA) is 120 Å². The largest absolute Gasteiger partial charge is 0.344 e. The Morgan fingerprint density at radius 2 is 1.66 bits per heavy atom. The van der Waals surface area contributed by atoms with Crippen LogP contribution in [0, 0.1) is 0 Å². The van der Waals surface area contributed by atoms with Crippen molar-refractivity contribution in [2.24, 2.45) is 0 Å². The van der Waals surface area contributed by atoms with Crippen LogP contribution in [-0.4, -0.2) is 43.8 Å². The molecule has 1 aliphatic rings. The third-order valence-corrected chi connectivity index (χ3v) is 5.28. The summed E-state index contributed by atoms with van der Waals surface area (Å²) in [4.78, 5) is 42.3. The Bertz CT molecular complexity index is 987. The zero-order valence-corrected chi connectivity index (χ0v) is 15.8. The van der Waals surface area contributed by atoms with Crippen LogP contribution in [0.5, 0.6) is 0 Å². The van der Waals surface area contributed by atoms with E-state index in [4.69, 9.17) is 0 Å². The second kappa shape index (κ2) is 7.76. The van der Waals surface area contributed by atoms with Crippen molar-refractivity contribution in [2.45, 2.75) is 10.7 Å². The number of urea groups is 1. The number of nitrogens with zero attached hydrogens (tertiary/aromatic N) is 3. The second-order valence-electron chi connectivity index (χ2n) is 6.17. The fraction of sp³-hybridized carbons (Fsp3) is 0.105. The highest BCUT2D eigenvalue weighted by molar-refractivity contribution is 7.99. The first-order valence-electron chi connectivity index (χ1n) is 8.66. The van der Waals surface area contributed by atoms with Crippen LogP contribution in [-0.2, 0) is 15.1 Å². The van der Waals surface area contributed by atoms with Crippen molar-refractivity contribution in [1.29, 1.82) is 0 Å². The first kappa shape index (κ1) is 18.7. The first-order valence-corrected chi connectivity index (χ1v) is 9.65. The molecule has 3 N–H and O–H groups in total. The molecule has 2 aromatic carbocycles. The van der Waals surface area contributed by atoms with Crippen LogP contribution in [0.2, 0.25) is 0 Å². The molecular weight excluding hydrogens is 392 g/mol. The van der Waals surface area contributed by atoms with Crippen molar-refractivity contribution in [1.82, 2.24) is 30.9 Å². The van der Waals surface area contributed by atoms with E-state index in [-0.39, 0.29) is 5.75 Å². The summed E-state index contributed by atoms with van der Waals surface area (Å²) in [7, 11) is 0. The Balaban J connectivity index is 1.61. The fourth-order valence-electron chi connectivity index (χ4n) is 3.12. The highest BCUT2D eigenvalue weighted by atomic mass is 32.2. The number of hydrazine groups is 1. The normalized spacial score (nSPS) is 15.2. The molecule has 0 radical (unpaired) electrons. The molecule has 1 aliphatic heterocycles. The molecule has 1 aromatic heterocycles. The van der Waals surface area contributed by atoms with Crippen LogP contribution in [0.1, 0.15) is 11.1 Å². The highest BCUT2D eigenvalue weighted by Gasteiger charge is 2.54. The van der Waals surface area contributed by atoms with Gasteiger partial charge in [-0.3, -0.25) is 20.1 Å². The number of amides is 4. The minimum Gasteiger partial charge on any atom is -0.314 e. The monoisotopic (exact) mass is 408 g/mol. The maximum absolute atomic E-state index is 13.4. The maximum atomic E-state index is 13.4. The van der Waals surface area contributed by atoms with E-state index < -0.39 is 23.4 Å². The van der Waals surface area contributed by atoms with E-state index in [1.54, 1.807) is 48.5 Å². The molecule has 4 amide bonds. The number of thioether (sulfide) groups is 1. The molecule has 0 saturated carbocycles. The molecule has 0 atom stereocenters. The van der Waals surface area contributed by atoms with E-state index in [2.05, 4.69) is 25.9 Å². The minimum absolute atomic E-state index is 0.0457. The van der Waals surface area contributed by atoms with E-state index in [0.29, 0.717) is 16.3 Å². The van der Waals surface area contributed by atoms with Gasteiger partial charge in [0.05, 0.1) is 5.75 Å². The summed E-state index contributed by atoms with van der Waals surface area (Å²) < 4.78 is 0. The van der Waals surface area contributed by atoms with Crippen molar-refractivity contribution in [3.05, 3.63) is 78.1 Å². The molecular formula is C19H16N6O3S. The standard InChI is InChI=1S/C19H16N6O3S/c26-15(11-29-17-20-12-21-23-17)24-25-16(27)19(22-18(25)28,13-7-3-1-4-8-13)14-9-5-2-6-10-14/h1-10,12H,11H2,(H,22,28)(H,24,26)(H,20,21,23). The lowest BCUT2D eigenvalue weighted by Gasteiger charge is -2.27. The van der Waals surface area contributed by atoms with Gasteiger partial charge in [-0.15, -0.1) is 0 Å². The van der Waals surface area contributed by atoms with Crippen molar-refractivity contribution < 1.29 is 14.4 Å². The van der Waals surface area contributed by atoms with Gasteiger partial charge in [-0.05, 0) is 11.1 Å². The Morgan fingerprint density at radius 3 is 2.21 bits per heavy atom. The van der Waals surface area contributed by atoms with Gasteiger partial charge < -0.3 is 5.32 Å². The summed E-state index contributed by atoms with van der Waals surface area (Å²) in [6, 6.07) is 17.1. The Kier molecular flexibility index (Phi) is 5.00. The number of imide groups is 1. The van der Waals surface area contributed by atoms with Gasteiger partial charge in [0.25, 0.3) is 5.91 Å². The molecule has 3 aromatic rings. The summed E-state index contributed by atoms with van der Waals surface area (Å²) >= 11 is 1.10. The number of aromatic amines is 1. The van der Waals surface area contributed by atoms with Crippen molar-refractivity contribution in [3.63, 3.8) is 0 Å². The number of carbonyl (C=O) groups is 3. The number of rotatable bonds is 6. The summed E-state index contributed by atoms with van der Waals surface area (Å²) in [6.07, 6.45) is 1.33. The Hall–Kier alpha value is -3.66. The van der Waals surface area contributed by atoms with Crippen LogP contribution in [0.4, 0.5) is 4.79 Å². The number of carbonyl (C=O) groups excluding carboxylic acids is 3. The van der Waals surface area contributed by atoms with Crippen molar-refractivity contribution in [2.75, 3.05) is 5.75 Å². The minimum atomic E-state index is -1.43. The van der Waals surface area contributed by atoms with Crippen LogP contribution < -0.4 is 10.7 Å². The molecule has 146 valence electrons. The summed E-state index contributed by atoms with van der Waals surface area (Å²) in [5.41, 5.74) is 2.15. The van der Waals surface area contributed by atoms with Gasteiger partial charge in [0, 0.05) is 0 Å². The Labute approximate surface area is 169 Å². The molecule has 0 spiro atoms. The van der Waals surface area contributed by atoms with Gasteiger partial charge in [-0.1, -0.05) is 72.4 Å². The van der Waals surface area contributed by atoms with Gasteiger partial charge in [0.1, 0.15) is 6.33 Å². The predicted molar refractivity (Wildman–Crippen MR) is 104 cm³/mol. The van der Waals surface area contributed by atoms with E-state index >= 15 is 0 Å². The van der Waals surface area contributed by atoms with E-state index in [1.165, 1.54) is 6.33 Å². The molecule has 29 heavy (non-hydrogen) atoms. The molecule has 1 fully saturated rings. The predicted octanol–water partition coefficient (Wildman–Crippen LogP) is 1.42. The average molecular weight is 408 g/mol. The molecule has 1 saturated heterocycles. The Morgan fingerprint density at radius 1 is 1.03 bits per heavy atom. The van der Waals surface area contributed by atoms with Gasteiger partial charge in [0.15, 0.2) is 10.7 Å². The van der Waals surface area contributed by atoms with Gasteiger partial charge in [-0.2, -0.15) is 10.1 Å². The molecule has 0 bridgehead atoms. The number of hydrogen-bond acceptors (Lipinski definition) is 6. The van der Waals surface area contributed by atoms with Gasteiger partial charge >= 0.3 is 6.03 Å². The first-order chi connectivity index (χ1) is 14.1. The second-order valence-corrected chi connectivity index (χ2v) is 7.13. The van der Waals surface area contributed by atoms with E-state index in [9.17, 15) is 14.4 Å². The SMILES string of the molecule is O=C(CSc1ncn[nH]1)NN1C(=O)NC(c2ccccc2)(c2ccccc2)C1=O.